The van der Waals surface area contributed by atoms with Crippen molar-refractivity contribution in [2.75, 3.05) is 0 Å². The molecule has 1 aromatic heterocycles. The van der Waals surface area contributed by atoms with Gasteiger partial charge in [0.25, 0.3) is 0 Å². The van der Waals surface area contributed by atoms with E-state index in [1.165, 1.54) is 6.26 Å². The SMILES string of the molecule is Cc1conc1CS(=O)[O-].[Na+]. The van der Waals surface area contributed by atoms with Crippen molar-refractivity contribution in [2.45, 2.75) is 12.7 Å². The summed E-state index contributed by atoms with van der Waals surface area (Å²) in [6, 6.07) is 0. The molecule has 1 atom stereocenters. The summed E-state index contributed by atoms with van der Waals surface area (Å²) >= 11 is -2.08. The van der Waals surface area contributed by atoms with Crippen LogP contribution in [0.3, 0.4) is 0 Å². The molecule has 0 aromatic carbocycles. The number of rotatable bonds is 2. The first-order chi connectivity index (χ1) is 4.70. The minimum atomic E-state index is -2.08. The van der Waals surface area contributed by atoms with Gasteiger partial charge in [-0.3, -0.25) is 4.21 Å². The summed E-state index contributed by atoms with van der Waals surface area (Å²) in [7, 11) is 0. The number of hydrogen-bond acceptors (Lipinski definition) is 4. The predicted molar refractivity (Wildman–Crippen MR) is 33.9 cm³/mol. The van der Waals surface area contributed by atoms with E-state index < -0.39 is 11.1 Å². The third-order valence-corrected chi connectivity index (χ3v) is 1.61. The Labute approximate surface area is 88.9 Å². The summed E-state index contributed by atoms with van der Waals surface area (Å²) in [6.45, 7) is 1.75. The second-order valence-electron chi connectivity index (χ2n) is 1.89. The number of aromatic nitrogens is 1. The molecule has 0 amide bonds. The fraction of sp³-hybridized carbons (Fsp3) is 0.400. The van der Waals surface area contributed by atoms with Crippen LogP contribution < -0.4 is 29.6 Å². The maximum absolute atomic E-state index is 10.1. The van der Waals surface area contributed by atoms with Crippen molar-refractivity contribution in [2.24, 2.45) is 0 Å². The molecule has 0 fully saturated rings. The smallest absolute Gasteiger partial charge is 0.772 e. The van der Waals surface area contributed by atoms with Crippen LogP contribution in [0.5, 0.6) is 0 Å². The van der Waals surface area contributed by atoms with E-state index in [9.17, 15) is 8.76 Å². The van der Waals surface area contributed by atoms with Gasteiger partial charge in [0.05, 0.1) is 11.4 Å². The van der Waals surface area contributed by atoms with Crippen LogP contribution in [0.25, 0.3) is 0 Å². The molecule has 0 saturated heterocycles. The molecule has 0 N–H and O–H groups in total. The van der Waals surface area contributed by atoms with Crippen LogP contribution in [0.4, 0.5) is 0 Å². The Bertz CT molecular complexity index is 250. The van der Waals surface area contributed by atoms with Crippen molar-refractivity contribution >= 4 is 11.1 Å². The van der Waals surface area contributed by atoms with E-state index in [2.05, 4.69) is 9.68 Å². The van der Waals surface area contributed by atoms with Crippen LogP contribution in [0.2, 0.25) is 0 Å². The van der Waals surface area contributed by atoms with Gasteiger partial charge in [-0.25, -0.2) is 0 Å². The van der Waals surface area contributed by atoms with Gasteiger partial charge >= 0.3 is 29.6 Å². The average Bonchev–Trinajstić information content (AvgIpc) is 2.15. The van der Waals surface area contributed by atoms with E-state index >= 15 is 0 Å². The second kappa shape index (κ2) is 5.05. The number of hydrogen-bond donors (Lipinski definition) is 0. The first-order valence-electron chi connectivity index (χ1n) is 2.66. The summed E-state index contributed by atoms with van der Waals surface area (Å²) in [5.74, 6) is -0.0671. The van der Waals surface area contributed by atoms with E-state index in [0.717, 1.165) is 5.56 Å². The summed E-state index contributed by atoms with van der Waals surface area (Å²) in [4.78, 5) is 0. The van der Waals surface area contributed by atoms with Gasteiger partial charge in [-0.1, -0.05) is 5.16 Å². The molecule has 0 aliphatic rings. The molecule has 11 heavy (non-hydrogen) atoms. The monoisotopic (exact) mass is 183 g/mol. The molecular formula is C5H6NNaO3S. The molecule has 0 aliphatic carbocycles. The molecule has 6 heteroatoms. The first-order valence-corrected chi connectivity index (χ1v) is 3.90. The topological polar surface area (TPSA) is 66.2 Å². The van der Waals surface area contributed by atoms with Crippen molar-refractivity contribution < 1.29 is 42.8 Å². The molecule has 1 unspecified atom stereocenters. The Hall–Kier alpha value is 0.320. The summed E-state index contributed by atoms with van der Waals surface area (Å²) in [5.41, 5.74) is 1.25. The largest absolute Gasteiger partial charge is 1.00 e. The standard InChI is InChI=1S/C5H7NO3S.Na/c1-4-2-9-6-5(4)3-10(7)8;/h2H,3H2,1H3,(H,7,8);/q;+1/p-1. The fourth-order valence-corrected chi connectivity index (χ4v) is 1.06. The molecule has 0 saturated carbocycles. The number of aryl methyl sites for hydroxylation is 1. The Kier molecular flexibility index (Phi) is 5.20. The molecule has 0 spiro atoms. The molecule has 1 rings (SSSR count). The normalized spacial score (nSPS) is 12.2. The molecule has 1 heterocycles. The quantitative estimate of drug-likeness (QED) is 0.371. The molecule has 56 valence electrons. The van der Waals surface area contributed by atoms with Crippen LogP contribution in [-0.4, -0.2) is 13.9 Å². The number of nitrogens with zero attached hydrogens (tertiary/aromatic N) is 1. The Morgan fingerprint density at radius 3 is 2.82 bits per heavy atom. The van der Waals surface area contributed by atoms with Crippen molar-refractivity contribution in [3.63, 3.8) is 0 Å². The summed E-state index contributed by atoms with van der Waals surface area (Å²) in [5, 5.41) is 3.49. The minimum Gasteiger partial charge on any atom is -0.772 e. The Morgan fingerprint density at radius 2 is 2.45 bits per heavy atom. The zero-order chi connectivity index (χ0) is 7.56. The van der Waals surface area contributed by atoms with Crippen molar-refractivity contribution in [1.29, 1.82) is 0 Å². The maximum atomic E-state index is 10.1. The molecule has 1 aromatic rings. The minimum absolute atomic E-state index is 0. The fourth-order valence-electron chi connectivity index (χ4n) is 0.561. The molecule has 0 radical (unpaired) electrons. The van der Waals surface area contributed by atoms with Crippen LogP contribution in [0.1, 0.15) is 11.3 Å². The van der Waals surface area contributed by atoms with Crippen LogP contribution in [0, 0.1) is 6.92 Å². The third-order valence-electron chi connectivity index (χ3n) is 1.10. The average molecular weight is 183 g/mol. The summed E-state index contributed by atoms with van der Waals surface area (Å²) in [6.07, 6.45) is 1.42. The van der Waals surface area contributed by atoms with Crippen LogP contribution >= 0.6 is 0 Å². The van der Waals surface area contributed by atoms with Gasteiger partial charge in [0.1, 0.15) is 6.26 Å². The van der Waals surface area contributed by atoms with Gasteiger partial charge in [0.2, 0.25) is 0 Å². The maximum Gasteiger partial charge on any atom is 1.00 e. The van der Waals surface area contributed by atoms with E-state index in [1.54, 1.807) is 6.92 Å². The molecule has 0 aliphatic heterocycles. The van der Waals surface area contributed by atoms with E-state index in [0.29, 0.717) is 5.69 Å². The predicted octanol–water partition coefficient (Wildman–Crippen LogP) is -2.63. The second-order valence-corrected chi connectivity index (χ2v) is 2.79. The Balaban J connectivity index is 0.000001000. The molecular weight excluding hydrogens is 177 g/mol. The zero-order valence-corrected chi connectivity index (χ0v) is 9.18. The Morgan fingerprint density at radius 1 is 1.82 bits per heavy atom. The van der Waals surface area contributed by atoms with Gasteiger partial charge < -0.3 is 9.08 Å². The van der Waals surface area contributed by atoms with Crippen LogP contribution in [-0.2, 0) is 16.8 Å². The third kappa shape index (κ3) is 3.48. The van der Waals surface area contributed by atoms with Gasteiger partial charge in [-0.15, -0.1) is 0 Å². The zero-order valence-electron chi connectivity index (χ0n) is 6.36. The first kappa shape index (κ1) is 11.3. The van der Waals surface area contributed by atoms with Gasteiger partial charge in [-0.05, 0) is 18.0 Å². The van der Waals surface area contributed by atoms with Crippen molar-refractivity contribution in [3.05, 3.63) is 17.5 Å². The summed E-state index contributed by atoms with van der Waals surface area (Å²) < 4.78 is 24.8. The van der Waals surface area contributed by atoms with E-state index in [4.69, 9.17) is 0 Å². The van der Waals surface area contributed by atoms with Gasteiger partial charge in [0, 0.05) is 5.56 Å². The van der Waals surface area contributed by atoms with Crippen LogP contribution in [0.15, 0.2) is 10.8 Å². The van der Waals surface area contributed by atoms with Gasteiger partial charge in [0.15, 0.2) is 0 Å². The van der Waals surface area contributed by atoms with Gasteiger partial charge in [-0.2, -0.15) is 0 Å². The van der Waals surface area contributed by atoms with Crippen molar-refractivity contribution in [1.82, 2.24) is 5.16 Å². The van der Waals surface area contributed by atoms with Crippen molar-refractivity contribution in [3.8, 4) is 0 Å². The van der Waals surface area contributed by atoms with E-state index in [1.807, 2.05) is 0 Å². The molecule has 4 nitrogen and oxygen atoms in total. The molecule has 0 bridgehead atoms. The van der Waals surface area contributed by atoms with E-state index in [-0.39, 0.29) is 35.3 Å².